The van der Waals surface area contributed by atoms with E-state index in [1.54, 1.807) is 30.5 Å². The number of hydrogen-bond donors (Lipinski definition) is 2. The van der Waals surface area contributed by atoms with E-state index in [9.17, 15) is 5.11 Å². The summed E-state index contributed by atoms with van der Waals surface area (Å²) in [6.45, 7) is 0. The minimum absolute atomic E-state index is 0.0847. The van der Waals surface area contributed by atoms with Gasteiger partial charge in [-0.05, 0) is 52.4 Å². The topological polar surface area (TPSA) is 79.3 Å². The van der Waals surface area contributed by atoms with Gasteiger partial charge in [0.1, 0.15) is 5.75 Å². The molecular formula is C13H8Br2N4O2S. The number of rotatable bonds is 3. The van der Waals surface area contributed by atoms with E-state index in [4.69, 9.17) is 16.6 Å². The van der Waals surface area contributed by atoms with Crippen molar-refractivity contribution in [2.75, 3.05) is 0 Å². The number of nitrogens with one attached hydrogen (secondary N) is 1. The second kappa shape index (κ2) is 6.19. The Morgan fingerprint density at radius 3 is 2.95 bits per heavy atom. The molecule has 0 amide bonds. The molecule has 0 saturated carbocycles. The fourth-order valence-electron chi connectivity index (χ4n) is 1.77. The van der Waals surface area contributed by atoms with Crippen LogP contribution >= 0.6 is 44.1 Å². The van der Waals surface area contributed by atoms with E-state index in [2.05, 4.69) is 47.2 Å². The molecule has 2 heterocycles. The van der Waals surface area contributed by atoms with Crippen molar-refractivity contribution in [2.45, 2.75) is 0 Å². The van der Waals surface area contributed by atoms with Crippen LogP contribution in [0, 0.1) is 4.77 Å². The van der Waals surface area contributed by atoms with Gasteiger partial charge in [-0.2, -0.15) is 9.78 Å². The summed E-state index contributed by atoms with van der Waals surface area (Å²) in [5.41, 5.74) is 0.523. The highest BCUT2D eigenvalue weighted by Crippen LogP contribution is 2.30. The number of aromatic hydroxyl groups is 1. The Labute approximate surface area is 146 Å². The van der Waals surface area contributed by atoms with Crippen LogP contribution in [-0.4, -0.2) is 26.2 Å². The number of H-pyrrole nitrogens is 1. The van der Waals surface area contributed by atoms with Gasteiger partial charge in [0.25, 0.3) is 0 Å². The third-order valence-corrected chi connectivity index (χ3v) is 4.09. The van der Waals surface area contributed by atoms with Crippen LogP contribution in [0.2, 0.25) is 0 Å². The van der Waals surface area contributed by atoms with Gasteiger partial charge in [-0.1, -0.05) is 15.9 Å². The lowest BCUT2D eigenvalue weighted by Gasteiger charge is -2.03. The van der Waals surface area contributed by atoms with Crippen molar-refractivity contribution >= 4 is 50.3 Å². The molecule has 0 saturated heterocycles. The molecule has 1 aromatic carbocycles. The third kappa shape index (κ3) is 2.92. The van der Waals surface area contributed by atoms with Gasteiger partial charge in [0.15, 0.2) is 5.76 Å². The van der Waals surface area contributed by atoms with Crippen molar-refractivity contribution in [3.8, 4) is 17.3 Å². The zero-order valence-electron chi connectivity index (χ0n) is 10.8. The van der Waals surface area contributed by atoms with Crippen LogP contribution in [0.15, 0.2) is 49.0 Å². The summed E-state index contributed by atoms with van der Waals surface area (Å²) >= 11 is 11.8. The van der Waals surface area contributed by atoms with Gasteiger partial charge in [-0.25, -0.2) is 5.10 Å². The molecule has 0 radical (unpaired) electrons. The van der Waals surface area contributed by atoms with Crippen molar-refractivity contribution in [1.29, 1.82) is 0 Å². The average molecular weight is 444 g/mol. The van der Waals surface area contributed by atoms with Gasteiger partial charge in [0.05, 0.1) is 17.0 Å². The molecular weight excluding hydrogens is 436 g/mol. The summed E-state index contributed by atoms with van der Waals surface area (Å²) in [5, 5.41) is 21.0. The number of furan rings is 1. The second-order valence-electron chi connectivity index (χ2n) is 4.21. The van der Waals surface area contributed by atoms with Crippen LogP contribution in [0.1, 0.15) is 5.56 Å². The van der Waals surface area contributed by atoms with Gasteiger partial charge in [0.2, 0.25) is 10.6 Å². The third-order valence-electron chi connectivity index (χ3n) is 2.76. The van der Waals surface area contributed by atoms with Crippen molar-refractivity contribution in [3.63, 3.8) is 0 Å². The lowest BCUT2D eigenvalue weighted by molar-refractivity contribution is 0.471. The zero-order valence-corrected chi connectivity index (χ0v) is 14.8. The minimum atomic E-state index is 0.0847. The van der Waals surface area contributed by atoms with E-state index in [1.165, 1.54) is 10.9 Å². The zero-order chi connectivity index (χ0) is 15.7. The summed E-state index contributed by atoms with van der Waals surface area (Å²) < 4.78 is 8.40. The molecule has 9 heteroatoms. The SMILES string of the molecule is Oc1c(Br)cc(Br)cc1C=Nn1c(-c2ccco2)n[nH]c1=S. The number of halogens is 2. The van der Waals surface area contributed by atoms with Crippen LogP contribution in [0.4, 0.5) is 0 Å². The van der Waals surface area contributed by atoms with Gasteiger partial charge in [0, 0.05) is 10.0 Å². The lowest BCUT2D eigenvalue weighted by atomic mass is 10.2. The number of aromatic nitrogens is 3. The van der Waals surface area contributed by atoms with E-state index in [-0.39, 0.29) is 5.75 Å². The van der Waals surface area contributed by atoms with Crippen LogP contribution < -0.4 is 0 Å². The molecule has 0 fully saturated rings. The summed E-state index contributed by atoms with van der Waals surface area (Å²) in [5.74, 6) is 1.06. The highest BCUT2D eigenvalue weighted by Gasteiger charge is 2.11. The van der Waals surface area contributed by atoms with Crippen LogP contribution in [0.25, 0.3) is 11.6 Å². The number of hydrogen-bond acceptors (Lipinski definition) is 5. The van der Waals surface area contributed by atoms with E-state index in [0.29, 0.717) is 26.4 Å². The average Bonchev–Trinajstić information content (AvgIpc) is 3.11. The van der Waals surface area contributed by atoms with Crippen molar-refractivity contribution in [2.24, 2.45) is 5.10 Å². The van der Waals surface area contributed by atoms with E-state index >= 15 is 0 Å². The van der Waals surface area contributed by atoms with Crippen LogP contribution in [-0.2, 0) is 0 Å². The Morgan fingerprint density at radius 1 is 1.41 bits per heavy atom. The molecule has 0 atom stereocenters. The first-order valence-corrected chi connectivity index (χ1v) is 7.99. The summed E-state index contributed by atoms with van der Waals surface area (Å²) in [6, 6.07) is 6.98. The maximum absolute atomic E-state index is 10.0. The predicted molar refractivity (Wildman–Crippen MR) is 91.6 cm³/mol. The molecule has 6 nitrogen and oxygen atoms in total. The molecule has 2 N–H and O–H groups in total. The number of benzene rings is 1. The monoisotopic (exact) mass is 442 g/mol. The quantitative estimate of drug-likeness (QED) is 0.466. The minimum Gasteiger partial charge on any atom is -0.506 e. The molecule has 0 aliphatic rings. The summed E-state index contributed by atoms with van der Waals surface area (Å²) in [4.78, 5) is 0. The smallest absolute Gasteiger partial charge is 0.219 e. The molecule has 112 valence electrons. The Kier molecular flexibility index (Phi) is 4.27. The Hall–Kier alpha value is -1.71. The second-order valence-corrected chi connectivity index (χ2v) is 6.37. The molecule has 22 heavy (non-hydrogen) atoms. The maximum Gasteiger partial charge on any atom is 0.219 e. The Bertz CT molecular complexity index is 899. The maximum atomic E-state index is 10.0. The highest BCUT2D eigenvalue weighted by molar-refractivity contribution is 9.11. The van der Waals surface area contributed by atoms with Crippen LogP contribution in [0.5, 0.6) is 5.75 Å². The fraction of sp³-hybridized carbons (Fsp3) is 0. The molecule has 0 bridgehead atoms. The molecule has 3 aromatic rings. The van der Waals surface area contributed by atoms with E-state index in [0.717, 1.165) is 4.47 Å². The van der Waals surface area contributed by atoms with Crippen molar-refractivity contribution in [3.05, 3.63) is 49.8 Å². The Balaban J connectivity index is 2.04. The van der Waals surface area contributed by atoms with Crippen LogP contribution in [0.3, 0.4) is 0 Å². The predicted octanol–water partition coefficient (Wildman–Crippen LogP) is 4.31. The van der Waals surface area contributed by atoms with Crippen molar-refractivity contribution in [1.82, 2.24) is 14.9 Å². The fourth-order valence-corrected chi connectivity index (χ4v) is 3.21. The van der Waals surface area contributed by atoms with E-state index in [1.807, 2.05) is 0 Å². The largest absolute Gasteiger partial charge is 0.506 e. The highest BCUT2D eigenvalue weighted by atomic mass is 79.9. The van der Waals surface area contributed by atoms with Gasteiger partial charge in [-0.15, -0.1) is 5.10 Å². The van der Waals surface area contributed by atoms with Gasteiger partial charge < -0.3 is 9.52 Å². The number of aromatic amines is 1. The molecule has 0 aliphatic heterocycles. The van der Waals surface area contributed by atoms with E-state index < -0.39 is 0 Å². The summed E-state index contributed by atoms with van der Waals surface area (Å²) in [7, 11) is 0. The Morgan fingerprint density at radius 2 is 2.23 bits per heavy atom. The first-order chi connectivity index (χ1) is 10.6. The number of phenols is 1. The first-order valence-electron chi connectivity index (χ1n) is 6.00. The first kappa shape index (κ1) is 15.2. The molecule has 0 unspecified atom stereocenters. The summed E-state index contributed by atoms with van der Waals surface area (Å²) in [6.07, 6.45) is 3.03. The standard InChI is InChI=1S/C13H8Br2N4O2S/c14-8-4-7(11(20)9(15)5-8)6-16-19-12(17-18-13(19)22)10-2-1-3-21-10/h1-6,20H,(H,18,22). The van der Waals surface area contributed by atoms with Crippen molar-refractivity contribution < 1.29 is 9.52 Å². The van der Waals surface area contributed by atoms with Gasteiger partial charge in [-0.3, -0.25) is 0 Å². The molecule has 3 rings (SSSR count). The molecule has 0 aliphatic carbocycles. The lowest BCUT2D eigenvalue weighted by Crippen LogP contribution is -1.95. The number of phenolic OH excluding ortho intramolecular Hbond substituents is 1. The molecule has 2 aromatic heterocycles. The van der Waals surface area contributed by atoms with Gasteiger partial charge >= 0.3 is 0 Å². The number of nitrogens with zero attached hydrogens (tertiary/aromatic N) is 3. The molecule has 0 spiro atoms. The normalized spacial score (nSPS) is 11.4.